The second-order valence-corrected chi connectivity index (χ2v) is 6.72. The molecule has 3 unspecified atom stereocenters. The lowest BCUT2D eigenvalue weighted by Crippen LogP contribution is -2.31. The van der Waals surface area contributed by atoms with Gasteiger partial charge < -0.3 is 15.5 Å². The Morgan fingerprint density at radius 2 is 2.00 bits per heavy atom. The summed E-state index contributed by atoms with van der Waals surface area (Å²) in [5.41, 5.74) is 2.50. The topological polar surface area (TPSA) is 85.1 Å². The zero-order chi connectivity index (χ0) is 14.3. The van der Waals surface area contributed by atoms with Crippen molar-refractivity contribution in [1.82, 2.24) is 9.97 Å². The van der Waals surface area contributed by atoms with Crippen LogP contribution in [0.15, 0.2) is 6.07 Å². The molecule has 0 spiro atoms. The standard InChI is InChI=1S/C14H23N5O/c1-14(2,3)13-17-11(7-12(18-13)19-15)16-9-6-8-4-5-10(9)20-8/h7-10H,4-6,15H2,1-3H3,(H2,16,17,18,19). The highest BCUT2D eigenvalue weighted by Crippen LogP contribution is 2.36. The van der Waals surface area contributed by atoms with Gasteiger partial charge in [-0.05, 0) is 19.3 Å². The SMILES string of the molecule is CC(C)(C)c1nc(NN)cc(NC2CC3CCC2O3)n1. The number of hydrazine groups is 1. The number of nitrogens with one attached hydrogen (secondary N) is 2. The largest absolute Gasteiger partial charge is 0.373 e. The molecule has 2 aliphatic heterocycles. The van der Waals surface area contributed by atoms with E-state index in [1.807, 2.05) is 6.07 Å². The van der Waals surface area contributed by atoms with Crippen LogP contribution in [0.1, 0.15) is 45.9 Å². The maximum Gasteiger partial charge on any atom is 0.145 e. The number of anilines is 2. The van der Waals surface area contributed by atoms with Crippen molar-refractivity contribution in [3.8, 4) is 0 Å². The molecule has 0 radical (unpaired) electrons. The number of fused-ring (bicyclic) bond motifs is 2. The summed E-state index contributed by atoms with van der Waals surface area (Å²) in [6.07, 6.45) is 4.14. The van der Waals surface area contributed by atoms with Crippen LogP contribution in [-0.2, 0) is 10.2 Å². The minimum Gasteiger partial charge on any atom is -0.373 e. The molecule has 2 aliphatic rings. The van der Waals surface area contributed by atoms with Crippen molar-refractivity contribution in [3.05, 3.63) is 11.9 Å². The van der Waals surface area contributed by atoms with E-state index in [1.54, 1.807) is 0 Å². The number of hydrogen-bond acceptors (Lipinski definition) is 6. The van der Waals surface area contributed by atoms with Crippen molar-refractivity contribution in [2.75, 3.05) is 10.7 Å². The summed E-state index contributed by atoms with van der Waals surface area (Å²) in [5.74, 6) is 7.74. The van der Waals surface area contributed by atoms with Gasteiger partial charge in [-0.15, -0.1) is 0 Å². The summed E-state index contributed by atoms with van der Waals surface area (Å²) in [5, 5.41) is 3.49. The van der Waals surface area contributed by atoms with Crippen LogP contribution in [0.25, 0.3) is 0 Å². The predicted molar refractivity (Wildman–Crippen MR) is 78.5 cm³/mol. The summed E-state index contributed by atoms with van der Waals surface area (Å²) in [6.45, 7) is 6.27. The first-order valence-corrected chi connectivity index (χ1v) is 7.24. The predicted octanol–water partition coefficient (Wildman–Crippen LogP) is 1.79. The molecule has 2 saturated heterocycles. The Morgan fingerprint density at radius 1 is 1.25 bits per heavy atom. The Hall–Kier alpha value is -1.40. The van der Waals surface area contributed by atoms with Crippen molar-refractivity contribution in [2.45, 2.75) is 63.7 Å². The number of hydrogen-bond donors (Lipinski definition) is 3. The van der Waals surface area contributed by atoms with E-state index in [4.69, 9.17) is 10.6 Å². The second-order valence-electron chi connectivity index (χ2n) is 6.72. The van der Waals surface area contributed by atoms with Gasteiger partial charge in [-0.2, -0.15) is 0 Å². The molecule has 3 heterocycles. The summed E-state index contributed by atoms with van der Waals surface area (Å²) < 4.78 is 5.86. The molecule has 0 saturated carbocycles. The average Bonchev–Trinajstić information content (AvgIpc) is 2.99. The fourth-order valence-electron chi connectivity index (χ4n) is 2.91. The highest BCUT2D eigenvalue weighted by Gasteiger charge is 2.40. The molecule has 3 rings (SSSR count). The molecule has 0 aromatic carbocycles. The summed E-state index contributed by atoms with van der Waals surface area (Å²) in [7, 11) is 0. The van der Waals surface area contributed by atoms with Crippen LogP contribution in [0, 0.1) is 0 Å². The van der Waals surface area contributed by atoms with Crippen LogP contribution < -0.4 is 16.6 Å². The van der Waals surface area contributed by atoms with Crippen LogP contribution >= 0.6 is 0 Å². The molecule has 0 aliphatic carbocycles. The fraction of sp³-hybridized carbons (Fsp3) is 0.714. The molecule has 3 atom stereocenters. The third kappa shape index (κ3) is 2.58. The number of nitrogens with two attached hydrogens (primary N) is 1. The van der Waals surface area contributed by atoms with Crippen LogP contribution in [0.4, 0.5) is 11.6 Å². The number of nitrogens with zero attached hydrogens (tertiary/aromatic N) is 2. The van der Waals surface area contributed by atoms with E-state index in [9.17, 15) is 0 Å². The second kappa shape index (κ2) is 4.86. The minimum atomic E-state index is -0.117. The van der Waals surface area contributed by atoms with Crippen molar-refractivity contribution in [2.24, 2.45) is 5.84 Å². The third-order valence-corrected chi connectivity index (χ3v) is 3.98. The van der Waals surface area contributed by atoms with Crippen LogP contribution in [0.3, 0.4) is 0 Å². The van der Waals surface area contributed by atoms with E-state index in [2.05, 4.69) is 41.5 Å². The van der Waals surface area contributed by atoms with Gasteiger partial charge in [-0.25, -0.2) is 15.8 Å². The summed E-state index contributed by atoms with van der Waals surface area (Å²) >= 11 is 0. The van der Waals surface area contributed by atoms with Gasteiger partial charge in [0, 0.05) is 11.5 Å². The highest BCUT2D eigenvalue weighted by molar-refractivity contribution is 5.48. The van der Waals surface area contributed by atoms with Gasteiger partial charge in [0.15, 0.2) is 0 Å². The fourth-order valence-corrected chi connectivity index (χ4v) is 2.91. The molecule has 1 aromatic rings. The average molecular weight is 277 g/mol. The van der Waals surface area contributed by atoms with E-state index >= 15 is 0 Å². The van der Waals surface area contributed by atoms with Crippen molar-refractivity contribution in [1.29, 1.82) is 0 Å². The van der Waals surface area contributed by atoms with E-state index in [1.165, 1.54) is 6.42 Å². The van der Waals surface area contributed by atoms with Gasteiger partial charge in [0.1, 0.15) is 17.5 Å². The Kier molecular flexibility index (Phi) is 3.30. The first-order chi connectivity index (χ1) is 9.45. The summed E-state index contributed by atoms with van der Waals surface area (Å²) in [6, 6.07) is 2.20. The Labute approximate surface area is 119 Å². The van der Waals surface area contributed by atoms with E-state index in [-0.39, 0.29) is 5.41 Å². The molecule has 2 bridgehead atoms. The molecule has 1 aromatic heterocycles. The van der Waals surface area contributed by atoms with Crippen LogP contribution in [-0.4, -0.2) is 28.2 Å². The van der Waals surface area contributed by atoms with Gasteiger partial charge in [-0.3, -0.25) is 0 Å². The third-order valence-electron chi connectivity index (χ3n) is 3.98. The number of aromatic nitrogens is 2. The first-order valence-electron chi connectivity index (χ1n) is 7.24. The van der Waals surface area contributed by atoms with E-state index in [0.717, 1.165) is 24.5 Å². The number of nitrogen functional groups attached to an aromatic ring is 1. The molecule has 20 heavy (non-hydrogen) atoms. The van der Waals surface area contributed by atoms with Crippen molar-refractivity contribution >= 4 is 11.6 Å². The number of ether oxygens (including phenoxy) is 1. The Morgan fingerprint density at radius 3 is 2.55 bits per heavy atom. The minimum absolute atomic E-state index is 0.117. The quantitative estimate of drug-likeness (QED) is 0.577. The molecular formula is C14H23N5O. The van der Waals surface area contributed by atoms with Gasteiger partial charge in [0.2, 0.25) is 0 Å². The van der Waals surface area contributed by atoms with Gasteiger partial charge >= 0.3 is 0 Å². The maximum atomic E-state index is 5.86. The zero-order valence-corrected chi connectivity index (χ0v) is 12.3. The van der Waals surface area contributed by atoms with E-state index < -0.39 is 0 Å². The molecule has 6 nitrogen and oxygen atoms in total. The smallest absolute Gasteiger partial charge is 0.145 e. The molecule has 0 amide bonds. The van der Waals surface area contributed by atoms with Crippen LogP contribution in [0.5, 0.6) is 0 Å². The lowest BCUT2D eigenvalue weighted by atomic mass is 9.95. The summed E-state index contributed by atoms with van der Waals surface area (Å²) in [4.78, 5) is 9.05. The molecular weight excluding hydrogens is 254 g/mol. The lowest BCUT2D eigenvalue weighted by Gasteiger charge is -2.23. The van der Waals surface area contributed by atoms with Crippen LogP contribution in [0.2, 0.25) is 0 Å². The zero-order valence-electron chi connectivity index (χ0n) is 12.3. The van der Waals surface area contributed by atoms with Crippen molar-refractivity contribution < 1.29 is 4.74 Å². The first kappa shape index (κ1) is 13.6. The van der Waals surface area contributed by atoms with Gasteiger partial charge in [0.05, 0.1) is 18.2 Å². The Balaban J connectivity index is 1.82. The molecule has 110 valence electrons. The molecule has 4 N–H and O–H groups in total. The van der Waals surface area contributed by atoms with Gasteiger partial charge in [0.25, 0.3) is 0 Å². The lowest BCUT2D eigenvalue weighted by molar-refractivity contribution is 0.102. The monoisotopic (exact) mass is 277 g/mol. The Bertz CT molecular complexity index is 499. The highest BCUT2D eigenvalue weighted by atomic mass is 16.5. The van der Waals surface area contributed by atoms with Crippen molar-refractivity contribution in [3.63, 3.8) is 0 Å². The molecule has 6 heteroatoms. The van der Waals surface area contributed by atoms with Gasteiger partial charge in [-0.1, -0.05) is 20.8 Å². The maximum absolute atomic E-state index is 5.86. The number of rotatable bonds is 3. The van der Waals surface area contributed by atoms with E-state index in [0.29, 0.717) is 24.1 Å². The normalized spacial score (nSPS) is 28.7. The molecule has 2 fully saturated rings.